The van der Waals surface area contributed by atoms with E-state index in [1.165, 1.54) is 0 Å². The van der Waals surface area contributed by atoms with Gasteiger partial charge in [-0.05, 0) is 138 Å². The minimum absolute atomic E-state index is 0.221. The van der Waals surface area contributed by atoms with E-state index in [1.54, 1.807) is 12.1 Å². The van der Waals surface area contributed by atoms with Crippen LogP contribution >= 0.6 is 102 Å². The lowest BCUT2D eigenvalue weighted by atomic mass is 10.1. The van der Waals surface area contributed by atoms with Crippen LogP contribution in [-0.2, 0) is 16.0 Å². The van der Waals surface area contributed by atoms with Gasteiger partial charge < -0.3 is 20.3 Å². The van der Waals surface area contributed by atoms with Crippen LogP contribution in [0.3, 0.4) is 0 Å². The molecule has 2 rings (SSSR count). The van der Waals surface area contributed by atoms with Crippen molar-refractivity contribution >= 4 is 114 Å². The molecular weight excluding hydrogens is 855 g/mol. The standard InChI is InChI=1S/C17H13ClI4N2O5/c18-24-13(17(28)23-6-14(25)26)3-7-1-11(21)16(12(22)2-7)29-8-4-9(19)15(27)10(20)5-8/h1-2,4-5,13,24,27H,3,6H2,(H,23,28)(H,25,26). The molecule has 1 amide bonds. The number of benzene rings is 2. The molecule has 0 heterocycles. The highest BCUT2D eigenvalue weighted by molar-refractivity contribution is 14.1. The van der Waals surface area contributed by atoms with Crippen LogP contribution in [0.15, 0.2) is 24.3 Å². The van der Waals surface area contributed by atoms with Crippen LogP contribution in [0.1, 0.15) is 5.56 Å². The third kappa shape index (κ3) is 7.36. The van der Waals surface area contributed by atoms with Crippen LogP contribution in [0.25, 0.3) is 0 Å². The number of halogens is 5. The van der Waals surface area contributed by atoms with Crippen molar-refractivity contribution in [1.82, 2.24) is 10.2 Å². The number of amides is 1. The van der Waals surface area contributed by atoms with Gasteiger partial charge in [-0.3, -0.25) is 9.59 Å². The quantitative estimate of drug-likeness (QED) is 0.231. The van der Waals surface area contributed by atoms with E-state index in [-0.39, 0.29) is 12.2 Å². The fourth-order valence-corrected chi connectivity index (χ4v) is 6.25. The minimum Gasteiger partial charge on any atom is -0.506 e. The number of phenols is 1. The van der Waals surface area contributed by atoms with Crippen molar-refractivity contribution in [3.05, 3.63) is 44.1 Å². The Morgan fingerprint density at radius 2 is 1.59 bits per heavy atom. The second kappa shape index (κ2) is 11.7. The zero-order chi connectivity index (χ0) is 21.7. The van der Waals surface area contributed by atoms with E-state index in [9.17, 15) is 14.7 Å². The van der Waals surface area contributed by atoms with Crippen molar-refractivity contribution in [3.8, 4) is 17.2 Å². The molecule has 0 radical (unpaired) electrons. The Bertz CT molecular complexity index is 898. The Hall–Kier alpha value is 0.150. The molecular formula is C17H13ClI4N2O5. The number of ether oxygens (including phenoxy) is 1. The van der Waals surface area contributed by atoms with E-state index in [1.807, 2.05) is 57.3 Å². The van der Waals surface area contributed by atoms with Gasteiger partial charge in [0.2, 0.25) is 5.91 Å². The zero-order valence-electron chi connectivity index (χ0n) is 14.3. The van der Waals surface area contributed by atoms with E-state index in [0.717, 1.165) is 12.7 Å². The van der Waals surface area contributed by atoms with E-state index >= 15 is 0 Å². The maximum absolute atomic E-state index is 12.1. The number of nitrogens with one attached hydrogen (secondary N) is 2. The number of phenolic OH excluding ortho intramolecular Hbond substituents is 1. The van der Waals surface area contributed by atoms with E-state index < -0.39 is 24.5 Å². The molecule has 0 saturated heterocycles. The summed E-state index contributed by atoms with van der Waals surface area (Å²) in [6, 6.07) is 6.46. The molecule has 1 unspecified atom stereocenters. The number of rotatable bonds is 8. The number of aliphatic carboxylic acids is 1. The van der Waals surface area contributed by atoms with Gasteiger partial charge in [-0.1, -0.05) is 0 Å². The smallest absolute Gasteiger partial charge is 0.322 e. The summed E-state index contributed by atoms with van der Waals surface area (Å²) in [6.45, 7) is -0.472. The van der Waals surface area contributed by atoms with Gasteiger partial charge in [0.25, 0.3) is 0 Å². The Labute approximate surface area is 226 Å². The second-order valence-corrected chi connectivity index (χ2v) is 10.6. The predicted octanol–water partition coefficient (Wildman–Crippen LogP) is 4.46. The number of carboxylic acid groups (broad SMARTS) is 1. The molecule has 2 aromatic rings. The lowest BCUT2D eigenvalue weighted by Gasteiger charge is -2.16. The highest BCUT2D eigenvalue weighted by Gasteiger charge is 2.20. The first-order valence-corrected chi connectivity index (χ1v) is 12.5. The summed E-state index contributed by atoms with van der Waals surface area (Å²) in [6.07, 6.45) is 0.274. The molecule has 0 aliphatic heterocycles. The molecule has 7 nitrogen and oxygen atoms in total. The molecule has 1 atom stereocenters. The molecule has 0 fully saturated rings. The van der Waals surface area contributed by atoms with Crippen LogP contribution in [0.4, 0.5) is 0 Å². The van der Waals surface area contributed by atoms with Gasteiger partial charge in [0.1, 0.15) is 24.1 Å². The van der Waals surface area contributed by atoms with Crippen LogP contribution in [0.5, 0.6) is 17.2 Å². The molecule has 4 N–H and O–H groups in total. The van der Waals surface area contributed by atoms with Gasteiger partial charge in [-0.15, -0.1) is 0 Å². The van der Waals surface area contributed by atoms with Crippen molar-refractivity contribution in [2.45, 2.75) is 12.5 Å². The molecule has 0 saturated carbocycles. The number of aromatic hydroxyl groups is 1. The van der Waals surface area contributed by atoms with Gasteiger partial charge in [0, 0.05) is 0 Å². The van der Waals surface area contributed by atoms with Gasteiger partial charge in [-0.25, -0.2) is 4.84 Å². The molecule has 12 heteroatoms. The Kier molecular flexibility index (Phi) is 10.2. The summed E-state index contributed by atoms with van der Waals surface area (Å²) >= 11 is 14.1. The number of hydrogen-bond donors (Lipinski definition) is 4. The zero-order valence-corrected chi connectivity index (χ0v) is 23.7. The van der Waals surface area contributed by atoms with Crippen molar-refractivity contribution in [2.75, 3.05) is 6.54 Å². The Morgan fingerprint density at radius 1 is 1.03 bits per heavy atom. The maximum atomic E-state index is 12.1. The summed E-state index contributed by atoms with van der Waals surface area (Å²) in [5, 5.41) is 20.9. The molecule has 0 bridgehead atoms. The minimum atomic E-state index is -1.13. The largest absolute Gasteiger partial charge is 0.506 e. The summed E-state index contributed by atoms with van der Waals surface area (Å²) in [5.41, 5.74) is 0.838. The number of hydrogen-bond acceptors (Lipinski definition) is 5. The lowest BCUT2D eigenvalue weighted by molar-refractivity contribution is -0.138. The van der Waals surface area contributed by atoms with E-state index in [2.05, 4.69) is 55.3 Å². The van der Waals surface area contributed by atoms with Gasteiger partial charge in [0.15, 0.2) is 5.75 Å². The van der Waals surface area contributed by atoms with E-state index in [4.69, 9.17) is 21.6 Å². The fourth-order valence-electron chi connectivity index (χ4n) is 2.25. The molecule has 0 aromatic heterocycles. The van der Waals surface area contributed by atoms with E-state index in [0.29, 0.717) is 18.6 Å². The fraction of sp³-hybridized carbons (Fsp3) is 0.176. The lowest BCUT2D eigenvalue weighted by Crippen LogP contribution is -2.43. The topological polar surface area (TPSA) is 108 Å². The first-order valence-electron chi connectivity index (χ1n) is 7.81. The second-order valence-electron chi connectivity index (χ2n) is 5.70. The number of carboxylic acids is 1. The molecule has 0 spiro atoms. The third-order valence-electron chi connectivity index (χ3n) is 3.57. The van der Waals surface area contributed by atoms with Gasteiger partial charge in [0.05, 0.1) is 14.3 Å². The molecule has 29 heavy (non-hydrogen) atoms. The molecule has 2 aromatic carbocycles. The monoisotopic (exact) mass is 868 g/mol. The molecule has 0 aliphatic rings. The predicted molar refractivity (Wildman–Crippen MR) is 143 cm³/mol. The van der Waals surface area contributed by atoms with Gasteiger partial charge in [-0.2, -0.15) is 0 Å². The van der Waals surface area contributed by atoms with Crippen LogP contribution in [-0.4, -0.2) is 34.7 Å². The molecule has 156 valence electrons. The van der Waals surface area contributed by atoms with Crippen molar-refractivity contribution in [2.24, 2.45) is 0 Å². The summed E-state index contributed by atoms with van der Waals surface area (Å²) < 4.78 is 9.08. The number of carbonyl (C=O) groups is 2. The maximum Gasteiger partial charge on any atom is 0.322 e. The summed E-state index contributed by atoms with van der Waals surface area (Å²) in [5.74, 6) is -0.137. The Balaban J connectivity index is 2.20. The Morgan fingerprint density at radius 3 is 2.07 bits per heavy atom. The average molecular weight is 868 g/mol. The van der Waals surface area contributed by atoms with Crippen LogP contribution in [0, 0.1) is 14.3 Å². The van der Waals surface area contributed by atoms with Crippen LogP contribution < -0.4 is 14.9 Å². The third-order valence-corrected chi connectivity index (χ3v) is 7.08. The van der Waals surface area contributed by atoms with Crippen molar-refractivity contribution in [3.63, 3.8) is 0 Å². The highest BCUT2D eigenvalue weighted by Crippen LogP contribution is 2.37. The van der Waals surface area contributed by atoms with Crippen LogP contribution in [0.2, 0.25) is 0 Å². The average Bonchev–Trinajstić information content (AvgIpc) is 2.65. The normalized spacial score (nSPS) is 11.8. The van der Waals surface area contributed by atoms with Crippen molar-refractivity contribution in [1.29, 1.82) is 0 Å². The van der Waals surface area contributed by atoms with Gasteiger partial charge >= 0.3 is 5.97 Å². The first-order chi connectivity index (χ1) is 13.6. The highest BCUT2D eigenvalue weighted by atomic mass is 127. The number of carbonyl (C=O) groups excluding carboxylic acids is 1. The first kappa shape index (κ1) is 25.4. The summed E-state index contributed by atoms with van der Waals surface area (Å²) in [7, 11) is 0. The molecule has 0 aliphatic carbocycles. The summed E-state index contributed by atoms with van der Waals surface area (Å²) in [4.78, 5) is 25.1. The van der Waals surface area contributed by atoms with Crippen molar-refractivity contribution < 1.29 is 24.5 Å². The SMILES string of the molecule is O=C(O)CNC(=O)C(Cc1cc(I)c(Oc2cc(I)c(O)c(I)c2)c(I)c1)NCl.